The van der Waals surface area contributed by atoms with Crippen LogP contribution in [0.25, 0.3) is 0 Å². The van der Waals surface area contributed by atoms with Crippen molar-refractivity contribution in [3.63, 3.8) is 0 Å². The monoisotopic (exact) mass is 232 g/mol. The van der Waals surface area contributed by atoms with Gasteiger partial charge in [0.05, 0.1) is 0 Å². The highest BCUT2D eigenvalue weighted by molar-refractivity contribution is 5.85. The minimum atomic E-state index is 0. The molecule has 15 heavy (non-hydrogen) atoms. The zero-order chi connectivity index (χ0) is 9.97. The first kappa shape index (κ1) is 13.3. The van der Waals surface area contributed by atoms with Crippen molar-refractivity contribution in [3.8, 4) is 0 Å². The van der Waals surface area contributed by atoms with Gasteiger partial charge >= 0.3 is 0 Å². The van der Waals surface area contributed by atoms with Crippen molar-refractivity contribution in [2.45, 2.75) is 51.6 Å². The van der Waals surface area contributed by atoms with E-state index < -0.39 is 0 Å². The summed E-state index contributed by atoms with van der Waals surface area (Å²) in [5, 5.41) is 3.47. The van der Waals surface area contributed by atoms with Crippen molar-refractivity contribution in [3.05, 3.63) is 0 Å². The third-order valence-electron chi connectivity index (χ3n) is 4.11. The zero-order valence-corrected chi connectivity index (χ0v) is 10.9. The van der Waals surface area contributed by atoms with Crippen molar-refractivity contribution in [1.82, 2.24) is 10.2 Å². The van der Waals surface area contributed by atoms with Gasteiger partial charge in [-0.25, -0.2) is 0 Å². The Hall–Kier alpha value is 0.210. The second-order valence-electron chi connectivity index (χ2n) is 5.03. The molecule has 0 radical (unpaired) electrons. The van der Waals surface area contributed by atoms with Gasteiger partial charge in [-0.1, -0.05) is 13.3 Å². The molecular weight excluding hydrogens is 208 g/mol. The van der Waals surface area contributed by atoms with Crippen LogP contribution in [-0.2, 0) is 0 Å². The number of hydrogen-bond acceptors (Lipinski definition) is 2. The van der Waals surface area contributed by atoms with E-state index in [1.165, 1.54) is 45.3 Å². The molecule has 1 heterocycles. The van der Waals surface area contributed by atoms with Gasteiger partial charge in [-0.05, 0) is 32.1 Å². The molecule has 1 aliphatic heterocycles. The van der Waals surface area contributed by atoms with Crippen LogP contribution in [0, 0.1) is 5.92 Å². The molecule has 2 unspecified atom stereocenters. The van der Waals surface area contributed by atoms with E-state index >= 15 is 0 Å². The molecule has 1 saturated carbocycles. The summed E-state index contributed by atoms with van der Waals surface area (Å²) in [5.74, 6) is 1.02. The zero-order valence-electron chi connectivity index (χ0n) is 10.0. The Morgan fingerprint density at radius 1 is 1.33 bits per heavy atom. The molecule has 2 nitrogen and oxygen atoms in total. The SMILES string of the molecule is CCC1CCC(N2CCNC[C@@H]2C)C1.Cl. The van der Waals surface area contributed by atoms with Gasteiger partial charge in [-0.3, -0.25) is 4.90 Å². The number of nitrogens with zero attached hydrogens (tertiary/aromatic N) is 1. The average molecular weight is 233 g/mol. The lowest BCUT2D eigenvalue weighted by molar-refractivity contribution is 0.116. The van der Waals surface area contributed by atoms with Crippen LogP contribution in [0.4, 0.5) is 0 Å². The Kier molecular flexibility index (Phi) is 5.37. The smallest absolute Gasteiger partial charge is 0.0195 e. The molecule has 2 aliphatic rings. The quantitative estimate of drug-likeness (QED) is 0.786. The minimum Gasteiger partial charge on any atom is -0.314 e. The second kappa shape index (κ2) is 6.07. The van der Waals surface area contributed by atoms with E-state index in [1.807, 2.05) is 0 Å². The first-order valence-corrected chi connectivity index (χ1v) is 6.27. The van der Waals surface area contributed by atoms with E-state index in [0.717, 1.165) is 18.0 Å². The Morgan fingerprint density at radius 3 is 2.73 bits per heavy atom. The molecule has 1 saturated heterocycles. The number of rotatable bonds is 2. The van der Waals surface area contributed by atoms with E-state index in [0.29, 0.717) is 0 Å². The molecule has 0 aromatic rings. The maximum Gasteiger partial charge on any atom is 0.0195 e. The second-order valence-corrected chi connectivity index (χ2v) is 5.03. The fourth-order valence-electron chi connectivity index (χ4n) is 3.12. The van der Waals surface area contributed by atoms with E-state index in [2.05, 4.69) is 24.1 Å². The molecule has 0 aromatic carbocycles. The van der Waals surface area contributed by atoms with Crippen LogP contribution < -0.4 is 5.32 Å². The Morgan fingerprint density at radius 2 is 2.13 bits per heavy atom. The summed E-state index contributed by atoms with van der Waals surface area (Å²) >= 11 is 0. The summed E-state index contributed by atoms with van der Waals surface area (Å²) in [6.07, 6.45) is 5.76. The molecule has 0 aromatic heterocycles. The van der Waals surface area contributed by atoms with Crippen LogP contribution in [0.2, 0.25) is 0 Å². The van der Waals surface area contributed by atoms with Crippen molar-refractivity contribution in [2.75, 3.05) is 19.6 Å². The first-order chi connectivity index (χ1) is 6.81. The van der Waals surface area contributed by atoms with Crippen LogP contribution in [0.3, 0.4) is 0 Å². The fraction of sp³-hybridized carbons (Fsp3) is 1.00. The highest BCUT2D eigenvalue weighted by atomic mass is 35.5. The number of hydrogen-bond donors (Lipinski definition) is 1. The van der Waals surface area contributed by atoms with Crippen molar-refractivity contribution in [2.24, 2.45) is 5.92 Å². The van der Waals surface area contributed by atoms with E-state index in [1.54, 1.807) is 0 Å². The molecular formula is C12H25ClN2. The highest BCUT2D eigenvalue weighted by Gasteiger charge is 2.31. The molecule has 0 bridgehead atoms. The largest absolute Gasteiger partial charge is 0.314 e. The third-order valence-corrected chi connectivity index (χ3v) is 4.11. The van der Waals surface area contributed by atoms with Gasteiger partial charge in [0, 0.05) is 31.7 Å². The molecule has 2 fully saturated rings. The maximum absolute atomic E-state index is 3.47. The third kappa shape index (κ3) is 3.08. The maximum atomic E-state index is 3.47. The predicted octanol–water partition coefficient (Wildman–Crippen LogP) is 2.28. The Balaban J connectivity index is 0.00000112. The topological polar surface area (TPSA) is 15.3 Å². The van der Waals surface area contributed by atoms with Crippen molar-refractivity contribution >= 4 is 12.4 Å². The van der Waals surface area contributed by atoms with E-state index in [4.69, 9.17) is 0 Å². The summed E-state index contributed by atoms with van der Waals surface area (Å²) in [5.41, 5.74) is 0. The number of halogens is 1. The molecule has 1 aliphatic carbocycles. The van der Waals surface area contributed by atoms with Crippen LogP contribution in [-0.4, -0.2) is 36.6 Å². The summed E-state index contributed by atoms with van der Waals surface area (Å²) in [6, 6.07) is 1.65. The Labute approximate surface area is 100 Å². The van der Waals surface area contributed by atoms with E-state index in [9.17, 15) is 0 Å². The van der Waals surface area contributed by atoms with Crippen LogP contribution in [0.1, 0.15) is 39.5 Å². The molecule has 90 valence electrons. The van der Waals surface area contributed by atoms with Crippen LogP contribution in [0.5, 0.6) is 0 Å². The normalized spacial score (nSPS) is 37.6. The van der Waals surface area contributed by atoms with Crippen molar-refractivity contribution < 1.29 is 0 Å². The lowest BCUT2D eigenvalue weighted by Crippen LogP contribution is -2.53. The summed E-state index contributed by atoms with van der Waals surface area (Å²) in [6.45, 7) is 8.35. The molecule has 0 spiro atoms. The molecule has 3 atom stereocenters. The number of nitrogens with one attached hydrogen (secondary N) is 1. The van der Waals surface area contributed by atoms with Crippen molar-refractivity contribution in [1.29, 1.82) is 0 Å². The number of piperazine rings is 1. The van der Waals surface area contributed by atoms with Gasteiger partial charge in [-0.15, -0.1) is 12.4 Å². The van der Waals surface area contributed by atoms with Gasteiger partial charge in [0.1, 0.15) is 0 Å². The fourth-order valence-corrected chi connectivity index (χ4v) is 3.12. The predicted molar refractivity (Wildman–Crippen MR) is 67.7 cm³/mol. The minimum absolute atomic E-state index is 0. The lowest BCUT2D eigenvalue weighted by atomic mass is 10.0. The van der Waals surface area contributed by atoms with Gasteiger partial charge < -0.3 is 5.32 Å². The van der Waals surface area contributed by atoms with Crippen LogP contribution in [0.15, 0.2) is 0 Å². The van der Waals surface area contributed by atoms with Gasteiger partial charge in [0.15, 0.2) is 0 Å². The first-order valence-electron chi connectivity index (χ1n) is 6.27. The van der Waals surface area contributed by atoms with E-state index in [-0.39, 0.29) is 12.4 Å². The van der Waals surface area contributed by atoms with Gasteiger partial charge in [0.2, 0.25) is 0 Å². The molecule has 2 rings (SSSR count). The molecule has 3 heteroatoms. The van der Waals surface area contributed by atoms with Gasteiger partial charge in [-0.2, -0.15) is 0 Å². The highest BCUT2D eigenvalue weighted by Crippen LogP contribution is 2.32. The summed E-state index contributed by atoms with van der Waals surface area (Å²) in [7, 11) is 0. The average Bonchev–Trinajstić information content (AvgIpc) is 2.67. The molecule has 0 amide bonds. The Bertz CT molecular complexity index is 186. The lowest BCUT2D eigenvalue weighted by Gasteiger charge is -2.38. The summed E-state index contributed by atoms with van der Waals surface area (Å²) < 4.78 is 0. The molecule has 1 N–H and O–H groups in total. The summed E-state index contributed by atoms with van der Waals surface area (Å²) in [4.78, 5) is 2.74. The standard InChI is InChI=1S/C12H24N2.ClH/c1-3-11-4-5-12(8-11)14-7-6-13-9-10(14)2;/h10-13H,3-9H2,1-2H3;1H/t10-,11?,12?;/m0./s1. The van der Waals surface area contributed by atoms with Crippen LogP contribution >= 0.6 is 12.4 Å². The van der Waals surface area contributed by atoms with Gasteiger partial charge in [0.25, 0.3) is 0 Å².